The Kier molecular flexibility index (Phi) is 7.18. The van der Waals surface area contributed by atoms with Crippen LogP contribution in [0.25, 0.3) is 6.08 Å². The van der Waals surface area contributed by atoms with Crippen molar-refractivity contribution >= 4 is 50.9 Å². The molecule has 1 aliphatic heterocycles. The first-order valence-electron chi connectivity index (χ1n) is 9.93. The van der Waals surface area contributed by atoms with E-state index in [2.05, 4.69) is 20.7 Å². The van der Waals surface area contributed by atoms with E-state index in [9.17, 15) is 18.8 Å². The van der Waals surface area contributed by atoms with Gasteiger partial charge in [-0.25, -0.2) is 9.18 Å². The van der Waals surface area contributed by atoms with Crippen molar-refractivity contribution in [3.05, 3.63) is 92.4 Å². The second-order valence-electron chi connectivity index (χ2n) is 7.13. The molecule has 10 heteroatoms. The zero-order valence-electron chi connectivity index (χ0n) is 17.7. The van der Waals surface area contributed by atoms with Gasteiger partial charge in [0.05, 0.1) is 23.0 Å². The zero-order chi connectivity index (χ0) is 24.2. The van der Waals surface area contributed by atoms with E-state index in [1.165, 1.54) is 31.4 Å². The molecule has 4 rings (SSSR count). The summed E-state index contributed by atoms with van der Waals surface area (Å²) < 4.78 is 29.6. The number of halogens is 2. The van der Waals surface area contributed by atoms with Gasteiger partial charge in [0.2, 0.25) is 5.76 Å². The van der Waals surface area contributed by atoms with Crippen molar-refractivity contribution in [2.45, 2.75) is 13.2 Å². The minimum absolute atomic E-state index is 0.00966. The number of carbonyl (C=O) groups excluding carboxylic acids is 3. The molecule has 1 fully saturated rings. The Labute approximate surface area is 206 Å². The average Bonchev–Trinajstić information content (AvgIpc) is 3.38. The highest BCUT2D eigenvalue weighted by Crippen LogP contribution is 2.35. The number of nitrogens with zero attached hydrogens (tertiary/aromatic N) is 1. The van der Waals surface area contributed by atoms with Crippen LogP contribution in [0.15, 0.2) is 68.4 Å². The van der Waals surface area contributed by atoms with Crippen LogP contribution in [0.5, 0.6) is 5.75 Å². The predicted molar refractivity (Wildman–Crippen MR) is 126 cm³/mol. The number of imide groups is 1. The van der Waals surface area contributed by atoms with E-state index < -0.39 is 17.1 Å². The molecule has 2 heterocycles. The SMILES string of the molecule is COC(=O)c1ccc(CN2C(=O)S/C(=C/c3ccc(OCc4cccc(F)c4)c(Br)c3)C2=O)o1. The lowest BCUT2D eigenvalue weighted by Gasteiger charge is -2.10. The fourth-order valence-corrected chi connectivity index (χ4v) is 4.48. The summed E-state index contributed by atoms with van der Waals surface area (Å²) in [6.07, 6.45) is 1.61. The first-order chi connectivity index (χ1) is 16.3. The maximum atomic E-state index is 13.3. The number of ether oxygens (including phenoxy) is 2. The Bertz CT molecular complexity index is 1300. The standard InChI is InChI=1S/C24H17BrFNO6S/c1-31-23(29)20-8-6-17(33-20)12-27-22(28)21(34-24(27)30)11-14-5-7-19(18(25)10-14)32-13-15-3-2-4-16(26)9-15/h2-11H,12-13H2,1H3/b21-11+. The van der Waals surface area contributed by atoms with Crippen LogP contribution < -0.4 is 4.74 Å². The van der Waals surface area contributed by atoms with E-state index in [1.54, 1.807) is 36.4 Å². The van der Waals surface area contributed by atoms with Crippen molar-refractivity contribution in [2.24, 2.45) is 0 Å². The third-order valence-electron chi connectivity index (χ3n) is 4.77. The van der Waals surface area contributed by atoms with Crippen LogP contribution in [0.4, 0.5) is 9.18 Å². The summed E-state index contributed by atoms with van der Waals surface area (Å²) in [6, 6.07) is 14.3. The second kappa shape index (κ2) is 10.3. The first kappa shape index (κ1) is 23.8. The molecule has 0 unspecified atom stereocenters. The Morgan fingerprint density at radius 3 is 2.74 bits per heavy atom. The summed E-state index contributed by atoms with van der Waals surface area (Å²) in [5.41, 5.74) is 1.38. The lowest BCUT2D eigenvalue weighted by atomic mass is 10.2. The maximum Gasteiger partial charge on any atom is 0.373 e. The van der Waals surface area contributed by atoms with Gasteiger partial charge >= 0.3 is 5.97 Å². The fraction of sp³-hybridized carbons (Fsp3) is 0.125. The van der Waals surface area contributed by atoms with Gasteiger partial charge in [0.1, 0.15) is 23.9 Å². The number of furan rings is 1. The molecule has 7 nitrogen and oxygen atoms in total. The molecule has 1 aromatic heterocycles. The van der Waals surface area contributed by atoms with Crippen LogP contribution in [-0.2, 0) is 22.7 Å². The van der Waals surface area contributed by atoms with E-state index in [0.29, 0.717) is 21.3 Å². The van der Waals surface area contributed by atoms with Crippen LogP contribution in [0.1, 0.15) is 27.4 Å². The molecule has 3 aromatic rings. The number of methoxy groups -OCH3 is 1. The largest absolute Gasteiger partial charge is 0.488 e. The van der Waals surface area contributed by atoms with E-state index >= 15 is 0 Å². The van der Waals surface area contributed by atoms with Crippen LogP contribution in [-0.4, -0.2) is 29.1 Å². The molecule has 0 aliphatic carbocycles. The van der Waals surface area contributed by atoms with E-state index in [0.717, 1.165) is 16.7 Å². The van der Waals surface area contributed by atoms with Gasteiger partial charge in [0, 0.05) is 0 Å². The van der Waals surface area contributed by atoms with E-state index in [4.69, 9.17) is 9.15 Å². The highest BCUT2D eigenvalue weighted by molar-refractivity contribution is 9.10. The summed E-state index contributed by atoms with van der Waals surface area (Å²) in [4.78, 5) is 38.0. The smallest absolute Gasteiger partial charge is 0.373 e. The number of hydrogen-bond donors (Lipinski definition) is 0. The van der Waals surface area contributed by atoms with Crippen molar-refractivity contribution in [1.82, 2.24) is 4.90 Å². The molecular formula is C24H17BrFNO6S. The molecule has 1 saturated heterocycles. The Morgan fingerprint density at radius 2 is 2.00 bits per heavy atom. The lowest BCUT2D eigenvalue weighted by Crippen LogP contribution is -2.27. The monoisotopic (exact) mass is 545 g/mol. The molecule has 34 heavy (non-hydrogen) atoms. The predicted octanol–water partition coefficient (Wildman–Crippen LogP) is 5.78. The minimum Gasteiger partial charge on any atom is -0.488 e. The number of hydrogen-bond acceptors (Lipinski definition) is 7. The quantitative estimate of drug-likeness (QED) is 0.274. The Balaban J connectivity index is 1.43. The van der Waals surface area contributed by atoms with Crippen molar-refractivity contribution < 1.29 is 32.7 Å². The van der Waals surface area contributed by atoms with Gasteiger partial charge in [0.15, 0.2) is 0 Å². The number of esters is 1. The highest BCUT2D eigenvalue weighted by atomic mass is 79.9. The molecule has 0 radical (unpaired) electrons. The molecule has 2 aromatic carbocycles. The van der Waals surface area contributed by atoms with Gasteiger partial charge in [-0.2, -0.15) is 0 Å². The average molecular weight is 546 g/mol. The fourth-order valence-electron chi connectivity index (χ4n) is 3.13. The summed E-state index contributed by atoms with van der Waals surface area (Å²) >= 11 is 4.26. The molecule has 0 atom stereocenters. The molecule has 0 bridgehead atoms. The molecule has 0 saturated carbocycles. The van der Waals surface area contributed by atoms with Crippen LogP contribution >= 0.6 is 27.7 Å². The molecule has 174 valence electrons. The third kappa shape index (κ3) is 5.40. The molecule has 1 aliphatic rings. The van der Waals surface area contributed by atoms with Crippen molar-refractivity contribution in [3.63, 3.8) is 0 Å². The molecule has 0 N–H and O–H groups in total. The van der Waals surface area contributed by atoms with Gasteiger partial charge in [0.25, 0.3) is 11.1 Å². The van der Waals surface area contributed by atoms with Gasteiger partial charge < -0.3 is 13.9 Å². The van der Waals surface area contributed by atoms with Gasteiger partial charge in [-0.05, 0) is 81.3 Å². The lowest BCUT2D eigenvalue weighted by molar-refractivity contribution is -0.123. The summed E-state index contributed by atoms with van der Waals surface area (Å²) in [5, 5.41) is -0.443. The van der Waals surface area contributed by atoms with Crippen LogP contribution in [0, 0.1) is 5.82 Å². The maximum absolute atomic E-state index is 13.3. The molecular weight excluding hydrogens is 529 g/mol. The van der Waals surface area contributed by atoms with Crippen molar-refractivity contribution in [2.75, 3.05) is 7.11 Å². The van der Waals surface area contributed by atoms with Crippen molar-refractivity contribution in [3.8, 4) is 5.75 Å². The Hall–Kier alpha value is -3.37. The van der Waals surface area contributed by atoms with Crippen LogP contribution in [0.3, 0.4) is 0 Å². The summed E-state index contributed by atoms with van der Waals surface area (Å²) in [6.45, 7) is 0.0919. The second-order valence-corrected chi connectivity index (χ2v) is 8.98. The Morgan fingerprint density at radius 1 is 1.18 bits per heavy atom. The third-order valence-corrected chi connectivity index (χ3v) is 6.30. The topological polar surface area (TPSA) is 86.0 Å². The zero-order valence-corrected chi connectivity index (χ0v) is 20.2. The normalized spacial score (nSPS) is 14.7. The van der Waals surface area contributed by atoms with Crippen LogP contribution in [0.2, 0.25) is 0 Å². The molecule has 2 amide bonds. The minimum atomic E-state index is -0.644. The van der Waals surface area contributed by atoms with Gasteiger partial charge in [-0.1, -0.05) is 18.2 Å². The number of thioether (sulfide) groups is 1. The molecule has 0 spiro atoms. The number of carbonyl (C=O) groups is 3. The van der Waals surface area contributed by atoms with Crippen molar-refractivity contribution in [1.29, 1.82) is 0 Å². The number of benzene rings is 2. The van der Waals surface area contributed by atoms with Gasteiger partial charge in [-0.15, -0.1) is 0 Å². The number of amides is 2. The number of rotatable bonds is 7. The summed E-state index contributed by atoms with van der Waals surface area (Å²) in [5.74, 6) is -0.618. The first-order valence-corrected chi connectivity index (χ1v) is 11.5. The van der Waals surface area contributed by atoms with E-state index in [1.807, 2.05) is 0 Å². The highest BCUT2D eigenvalue weighted by Gasteiger charge is 2.35. The van der Waals surface area contributed by atoms with E-state index in [-0.39, 0.29) is 35.4 Å². The summed E-state index contributed by atoms with van der Waals surface area (Å²) in [7, 11) is 1.23. The van der Waals surface area contributed by atoms with Gasteiger partial charge in [-0.3, -0.25) is 14.5 Å².